The highest BCUT2D eigenvalue weighted by Gasteiger charge is 2.47. The highest BCUT2D eigenvalue weighted by molar-refractivity contribution is 7.89. The third-order valence-corrected chi connectivity index (χ3v) is 9.55. The quantitative estimate of drug-likeness (QED) is 0.509. The Balaban J connectivity index is 1.39. The van der Waals surface area contributed by atoms with Gasteiger partial charge in [-0.2, -0.15) is 9.40 Å². The van der Waals surface area contributed by atoms with Crippen molar-refractivity contribution in [2.45, 2.75) is 17.7 Å². The second-order valence-corrected chi connectivity index (χ2v) is 11.9. The van der Waals surface area contributed by atoms with Crippen LogP contribution in [0.4, 0.5) is 8.78 Å². The Hall–Kier alpha value is -2.92. The molecule has 3 heterocycles. The first-order valence-corrected chi connectivity index (χ1v) is 13.9. The Morgan fingerprint density at radius 3 is 2.51 bits per heavy atom. The minimum atomic E-state index is -4.01. The Morgan fingerprint density at radius 1 is 1.00 bits per heavy atom. The van der Waals surface area contributed by atoms with Gasteiger partial charge in [-0.1, -0.05) is 17.7 Å². The van der Waals surface area contributed by atoms with Gasteiger partial charge in [0.1, 0.15) is 16.5 Å². The molecule has 1 atom stereocenters. The van der Waals surface area contributed by atoms with Gasteiger partial charge in [0.05, 0.1) is 30.8 Å². The number of rotatable bonds is 5. The molecule has 0 radical (unpaired) electrons. The number of fused-ring (bicyclic) bond motifs is 2. The molecule has 0 N–H and O–H groups in total. The van der Waals surface area contributed by atoms with Crippen molar-refractivity contribution in [3.63, 3.8) is 0 Å². The molecule has 0 amide bonds. The standard InChI is InChI=1S/C27H28F2N4O3S/c28-22-5-7-23(8-6-22)33-25-15-21-9-10-32(37(34,35)26-4-2-1-3-24(26)29)19-27(21,16-20(25)17-30-33)18-31-11-13-36-14-12-31/h1-8,15,17H,9-14,16,18-19H2/t27-/m0/s1. The number of piperidine rings is 1. The first-order chi connectivity index (χ1) is 17.9. The zero-order valence-corrected chi connectivity index (χ0v) is 21.1. The molecule has 0 spiro atoms. The summed E-state index contributed by atoms with van der Waals surface area (Å²) < 4.78 is 64.0. The normalized spacial score (nSPS) is 22.8. The minimum absolute atomic E-state index is 0.258. The lowest BCUT2D eigenvalue weighted by molar-refractivity contribution is 0.0153. The molecule has 10 heteroatoms. The summed E-state index contributed by atoms with van der Waals surface area (Å²) in [6.45, 7) is 4.03. The van der Waals surface area contributed by atoms with Crippen molar-refractivity contribution in [3.8, 4) is 5.69 Å². The number of hydrogen-bond acceptors (Lipinski definition) is 5. The minimum Gasteiger partial charge on any atom is -0.379 e. The molecule has 0 unspecified atom stereocenters. The summed E-state index contributed by atoms with van der Waals surface area (Å²) in [5.74, 6) is -1.05. The van der Waals surface area contributed by atoms with Crippen molar-refractivity contribution in [3.05, 3.63) is 83.2 Å². The number of nitrogens with zero attached hydrogens (tertiary/aromatic N) is 4. The molecule has 2 saturated heterocycles. The summed E-state index contributed by atoms with van der Waals surface area (Å²) in [4.78, 5) is 2.04. The van der Waals surface area contributed by atoms with Crippen molar-refractivity contribution in [2.24, 2.45) is 5.41 Å². The summed E-state index contributed by atoms with van der Waals surface area (Å²) in [6, 6.07) is 11.8. The second-order valence-electron chi connectivity index (χ2n) is 9.98. The topological polar surface area (TPSA) is 67.7 Å². The van der Waals surface area contributed by atoms with Crippen LogP contribution in [0.5, 0.6) is 0 Å². The Morgan fingerprint density at radius 2 is 1.76 bits per heavy atom. The van der Waals surface area contributed by atoms with Gasteiger partial charge in [-0.3, -0.25) is 4.90 Å². The molecule has 1 aliphatic carbocycles. The van der Waals surface area contributed by atoms with Gasteiger partial charge in [-0.25, -0.2) is 21.9 Å². The molecular formula is C27H28F2N4O3S. The lowest BCUT2D eigenvalue weighted by Crippen LogP contribution is -2.55. The van der Waals surface area contributed by atoms with Crippen LogP contribution in [0.25, 0.3) is 11.8 Å². The fraction of sp³-hybridized carbons (Fsp3) is 0.370. The maximum absolute atomic E-state index is 14.6. The van der Waals surface area contributed by atoms with Crippen LogP contribution in [0.1, 0.15) is 17.7 Å². The molecule has 3 aliphatic rings. The first-order valence-electron chi connectivity index (χ1n) is 12.4. The number of morpholine rings is 1. The van der Waals surface area contributed by atoms with E-state index >= 15 is 0 Å². The molecule has 2 aliphatic heterocycles. The van der Waals surface area contributed by atoms with E-state index in [9.17, 15) is 17.2 Å². The van der Waals surface area contributed by atoms with E-state index in [0.29, 0.717) is 32.6 Å². The van der Waals surface area contributed by atoms with Crippen LogP contribution >= 0.6 is 0 Å². The highest BCUT2D eigenvalue weighted by Crippen LogP contribution is 2.46. The van der Waals surface area contributed by atoms with Gasteiger partial charge in [0.2, 0.25) is 10.0 Å². The third-order valence-electron chi connectivity index (χ3n) is 7.67. The fourth-order valence-corrected chi connectivity index (χ4v) is 7.41. The molecule has 37 heavy (non-hydrogen) atoms. The van der Waals surface area contributed by atoms with E-state index in [2.05, 4.69) is 16.1 Å². The van der Waals surface area contributed by atoms with Gasteiger partial charge in [0.15, 0.2) is 0 Å². The van der Waals surface area contributed by atoms with Gasteiger partial charge in [-0.05, 0) is 60.9 Å². The Labute approximate surface area is 215 Å². The second kappa shape index (κ2) is 9.43. The van der Waals surface area contributed by atoms with Crippen molar-refractivity contribution in [2.75, 3.05) is 45.9 Å². The number of hydrogen-bond donors (Lipinski definition) is 0. The number of benzene rings is 2. The fourth-order valence-electron chi connectivity index (χ4n) is 5.82. The van der Waals surface area contributed by atoms with E-state index in [4.69, 9.17) is 4.74 Å². The lowest BCUT2D eigenvalue weighted by Gasteiger charge is -2.48. The molecule has 2 fully saturated rings. The van der Waals surface area contributed by atoms with Crippen molar-refractivity contribution < 1.29 is 21.9 Å². The zero-order chi connectivity index (χ0) is 25.6. The van der Waals surface area contributed by atoms with Crippen LogP contribution in [-0.2, 0) is 21.2 Å². The average Bonchev–Trinajstić information content (AvgIpc) is 3.30. The molecule has 194 valence electrons. The van der Waals surface area contributed by atoms with Crippen LogP contribution in [0.2, 0.25) is 0 Å². The third kappa shape index (κ3) is 4.41. The number of halogens is 2. The molecule has 7 nitrogen and oxygen atoms in total. The van der Waals surface area contributed by atoms with E-state index in [1.807, 2.05) is 10.9 Å². The summed E-state index contributed by atoms with van der Waals surface area (Å²) in [7, 11) is -4.01. The van der Waals surface area contributed by atoms with Crippen molar-refractivity contribution in [1.29, 1.82) is 0 Å². The molecule has 0 saturated carbocycles. The Bertz CT molecular complexity index is 1450. The van der Waals surface area contributed by atoms with Gasteiger partial charge < -0.3 is 4.74 Å². The van der Waals surface area contributed by atoms with E-state index in [1.165, 1.54) is 34.6 Å². The van der Waals surface area contributed by atoms with Crippen LogP contribution in [-0.4, -0.2) is 73.3 Å². The molecule has 0 bridgehead atoms. The molecule has 1 aromatic heterocycles. The summed E-state index contributed by atoms with van der Waals surface area (Å²) in [5, 5.41) is 4.60. The number of sulfonamides is 1. The van der Waals surface area contributed by atoms with E-state index < -0.39 is 21.3 Å². The van der Waals surface area contributed by atoms with Crippen molar-refractivity contribution in [1.82, 2.24) is 19.0 Å². The maximum Gasteiger partial charge on any atom is 0.246 e. The van der Waals surface area contributed by atoms with E-state index in [1.54, 1.807) is 18.2 Å². The smallest absolute Gasteiger partial charge is 0.246 e. The van der Waals surface area contributed by atoms with Crippen LogP contribution in [0.3, 0.4) is 0 Å². The van der Waals surface area contributed by atoms with Gasteiger partial charge in [-0.15, -0.1) is 0 Å². The predicted octanol–water partition coefficient (Wildman–Crippen LogP) is 3.50. The summed E-state index contributed by atoms with van der Waals surface area (Å²) in [6.07, 6.45) is 5.09. The Kier molecular flexibility index (Phi) is 6.22. The monoisotopic (exact) mass is 526 g/mol. The van der Waals surface area contributed by atoms with Crippen LogP contribution in [0, 0.1) is 17.0 Å². The van der Waals surface area contributed by atoms with Gasteiger partial charge >= 0.3 is 0 Å². The zero-order valence-electron chi connectivity index (χ0n) is 20.3. The van der Waals surface area contributed by atoms with Gasteiger partial charge in [0.25, 0.3) is 0 Å². The largest absolute Gasteiger partial charge is 0.379 e. The predicted molar refractivity (Wildman–Crippen MR) is 135 cm³/mol. The van der Waals surface area contributed by atoms with E-state index in [-0.39, 0.29) is 23.8 Å². The number of ether oxygens (including phenoxy) is 1. The van der Waals surface area contributed by atoms with E-state index in [0.717, 1.165) is 35.6 Å². The summed E-state index contributed by atoms with van der Waals surface area (Å²) >= 11 is 0. The first kappa shape index (κ1) is 24.4. The maximum atomic E-state index is 14.6. The molecular weight excluding hydrogens is 498 g/mol. The van der Waals surface area contributed by atoms with Crippen LogP contribution in [0.15, 0.2) is 65.2 Å². The van der Waals surface area contributed by atoms with Crippen LogP contribution < -0.4 is 0 Å². The average molecular weight is 527 g/mol. The van der Waals surface area contributed by atoms with Crippen molar-refractivity contribution >= 4 is 16.1 Å². The highest BCUT2D eigenvalue weighted by atomic mass is 32.2. The molecule has 2 aromatic carbocycles. The SMILES string of the molecule is O=S(=O)(c1ccccc1F)N1CCC2=Cc3c(cnn3-c3ccc(F)cc3)C[C@]2(CN2CCOCC2)C1. The lowest BCUT2D eigenvalue weighted by atomic mass is 9.68. The molecule has 3 aromatic rings. The molecule has 6 rings (SSSR count). The van der Waals surface area contributed by atoms with Gasteiger partial charge in [0, 0.05) is 38.1 Å². The number of aromatic nitrogens is 2. The summed E-state index contributed by atoms with van der Waals surface area (Å²) in [5.41, 5.74) is 3.39.